The molecule has 2 aliphatic rings. The Kier molecular flexibility index (Phi) is 8.54. The number of hydrogen-bond donors (Lipinski definition) is 3. The zero-order chi connectivity index (χ0) is 30.3. The predicted octanol–water partition coefficient (Wildman–Crippen LogP) is 4.72. The number of pyridine rings is 1. The predicted molar refractivity (Wildman–Crippen MR) is 149 cm³/mol. The summed E-state index contributed by atoms with van der Waals surface area (Å²) in [6.07, 6.45) is -3.18. The van der Waals surface area contributed by atoms with Crippen LogP contribution in [0.5, 0.6) is 0 Å². The van der Waals surface area contributed by atoms with E-state index in [1.54, 1.807) is 4.90 Å². The first-order chi connectivity index (χ1) is 19.0. The van der Waals surface area contributed by atoms with E-state index in [1.165, 1.54) is 12.1 Å². The number of aromatic amines is 1. The molecule has 0 saturated carbocycles. The number of halogens is 4. The minimum Gasteiger partial charge on any atom is -0.367 e. The molecule has 0 aliphatic carbocycles. The Labute approximate surface area is 236 Å². The number of piperazine rings is 1. The molecule has 2 atom stereocenters. The number of H-pyrrole nitrogens is 1. The number of alkyl halides is 3. The number of carbonyl (C=O) groups is 2. The van der Waals surface area contributed by atoms with Crippen molar-refractivity contribution in [2.45, 2.75) is 71.6 Å². The lowest BCUT2D eigenvalue weighted by molar-refractivity contribution is -0.140. The quantitative estimate of drug-likeness (QED) is 0.456. The maximum atomic E-state index is 15.7. The number of anilines is 2. The average Bonchev–Trinajstić information content (AvgIpc) is 2.87. The smallest absolute Gasteiger partial charge is 0.367 e. The topological polar surface area (TPSA) is 97.5 Å². The fourth-order valence-corrected chi connectivity index (χ4v) is 5.73. The second-order valence-electron chi connectivity index (χ2n) is 12.2. The number of benzene rings is 1. The number of rotatable bonds is 4. The summed E-state index contributed by atoms with van der Waals surface area (Å²) in [5.74, 6) is -1.78. The molecule has 1 aromatic heterocycles. The van der Waals surface area contributed by atoms with Gasteiger partial charge in [-0.15, -0.1) is 0 Å². The summed E-state index contributed by atoms with van der Waals surface area (Å²) in [6.45, 7) is 11.4. The first kappa shape index (κ1) is 30.5. The number of carbonyl (C=O) groups excluding carboxylic acids is 2. The zero-order valence-electron chi connectivity index (χ0n) is 23.9. The van der Waals surface area contributed by atoms with E-state index in [4.69, 9.17) is 0 Å². The molecule has 3 heterocycles. The normalized spacial score (nSPS) is 20.7. The van der Waals surface area contributed by atoms with Gasteiger partial charge in [0.25, 0.3) is 5.91 Å². The van der Waals surface area contributed by atoms with E-state index in [0.717, 1.165) is 6.20 Å². The molecule has 41 heavy (non-hydrogen) atoms. The zero-order valence-corrected chi connectivity index (χ0v) is 23.9. The molecule has 4 rings (SSSR count). The Bertz CT molecular complexity index is 1350. The standard InChI is InChI=1S/C29H37F4N5O3/c1-16-14-38(15-17(2)35-16)24-12-22(30)19(18-6-8-37(9-7-18)27(41)28(3,4)5)10-23(24)36-26(40)20-13-34-25(39)11-21(20)29(31,32)33/h10-13,16-18,35H,6-9,14-15H2,1-5H3,(H,34,39)(H,36,40)/t16-,17+. The Balaban J connectivity index is 1.70. The summed E-state index contributed by atoms with van der Waals surface area (Å²) in [4.78, 5) is 43.4. The van der Waals surface area contributed by atoms with Gasteiger partial charge in [0, 0.05) is 55.9 Å². The van der Waals surface area contributed by atoms with Crippen LogP contribution in [0.15, 0.2) is 29.2 Å². The van der Waals surface area contributed by atoms with Gasteiger partial charge in [0.05, 0.1) is 22.5 Å². The summed E-state index contributed by atoms with van der Waals surface area (Å²) < 4.78 is 56.8. The maximum absolute atomic E-state index is 15.7. The summed E-state index contributed by atoms with van der Waals surface area (Å²) in [6, 6.07) is 3.28. The molecule has 3 N–H and O–H groups in total. The number of aromatic nitrogens is 1. The molecule has 224 valence electrons. The first-order valence-corrected chi connectivity index (χ1v) is 13.8. The fraction of sp³-hybridized carbons (Fsp3) is 0.552. The van der Waals surface area contributed by atoms with Crippen LogP contribution < -0.4 is 21.1 Å². The Morgan fingerprint density at radius 2 is 1.61 bits per heavy atom. The maximum Gasteiger partial charge on any atom is 0.417 e. The van der Waals surface area contributed by atoms with Gasteiger partial charge in [0.1, 0.15) is 5.82 Å². The monoisotopic (exact) mass is 579 g/mol. The number of nitrogens with one attached hydrogen (secondary N) is 3. The molecule has 8 nitrogen and oxygen atoms in total. The third-order valence-corrected chi connectivity index (χ3v) is 7.60. The molecule has 2 amide bonds. The molecular formula is C29H37F4N5O3. The van der Waals surface area contributed by atoms with Gasteiger partial charge in [0.15, 0.2) is 0 Å². The van der Waals surface area contributed by atoms with Crippen molar-refractivity contribution in [2.75, 3.05) is 36.4 Å². The molecule has 0 spiro atoms. The van der Waals surface area contributed by atoms with E-state index in [2.05, 4.69) is 15.6 Å². The molecule has 2 aliphatic heterocycles. The summed E-state index contributed by atoms with van der Waals surface area (Å²) in [7, 11) is 0. The number of piperidine rings is 1. The van der Waals surface area contributed by atoms with E-state index in [9.17, 15) is 27.6 Å². The van der Waals surface area contributed by atoms with Crippen molar-refractivity contribution in [3.05, 3.63) is 57.3 Å². The highest BCUT2D eigenvalue weighted by molar-refractivity contribution is 6.07. The first-order valence-electron chi connectivity index (χ1n) is 13.8. The number of amides is 2. The number of hydrogen-bond acceptors (Lipinski definition) is 5. The van der Waals surface area contributed by atoms with Gasteiger partial charge in [-0.05, 0) is 50.3 Å². The van der Waals surface area contributed by atoms with Gasteiger partial charge in [-0.25, -0.2) is 4.39 Å². The highest BCUT2D eigenvalue weighted by Gasteiger charge is 2.37. The molecule has 2 aromatic rings. The van der Waals surface area contributed by atoms with Crippen LogP contribution in [0.25, 0.3) is 0 Å². The van der Waals surface area contributed by atoms with Gasteiger partial charge in [0.2, 0.25) is 11.5 Å². The van der Waals surface area contributed by atoms with Gasteiger partial charge >= 0.3 is 6.18 Å². The van der Waals surface area contributed by atoms with Crippen molar-refractivity contribution < 1.29 is 27.2 Å². The van der Waals surface area contributed by atoms with Gasteiger partial charge in [-0.2, -0.15) is 13.2 Å². The molecular weight excluding hydrogens is 542 g/mol. The average molecular weight is 580 g/mol. The van der Waals surface area contributed by atoms with Crippen molar-refractivity contribution in [3.63, 3.8) is 0 Å². The number of likely N-dealkylation sites (tertiary alicyclic amines) is 1. The molecule has 12 heteroatoms. The fourth-order valence-electron chi connectivity index (χ4n) is 5.73. The van der Waals surface area contributed by atoms with Crippen molar-refractivity contribution >= 4 is 23.2 Å². The minimum absolute atomic E-state index is 0.0167. The van der Waals surface area contributed by atoms with E-state index in [1.807, 2.05) is 39.5 Å². The van der Waals surface area contributed by atoms with E-state index in [-0.39, 0.29) is 29.6 Å². The van der Waals surface area contributed by atoms with Crippen LogP contribution in [0.3, 0.4) is 0 Å². The molecule has 1 aromatic carbocycles. The van der Waals surface area contributed by atoms with Crippen LogP contribution in [0.2, 0.25) is 0 Å². The van der Waals surface area contributed by atoms with Crippen LogP contribution in [0, 0.1) is 11.2 Å². The van der Waals surface area contributed by atoms with Gasteiger partial charge < -0.3 is 25.4 Å². The van der Waals surface area contributed by atoms with Crippen molar-refractivity contribution in [1.82, 2.24) is 15.2 Å². The van der Waals surface area contributed by atoms with E-state index >= 15 is 4.39 Å². The van der Waals surface area contributed by atoms with Crippen molar-refractivity contribution in [3.8, 4) is 0 Å². The second-order valence-corrected chi connectivity index (χ2v) is 12.2. The van der Waals surface area contributed by atoms with Crippen molar-refractivity contribution in [1.29, 1.82) is 0 Å². The summed E-state index contributed by atoms with van der Waals surface area (Å²) >= 11 is 0. The highest BCUT2D eigenvalue weighted by Crippen LogP contribution is 2.38. The lowest BCUT2D eigenvalue weighted by Crippen LogP contribution is -2.54. The Hall–Kier alpha value is -3.41. The molecule has 0 unspecified atom stereocenters. The molecule has 2 fully saturated rings. The third kappa shape index (κ3) is 6.91. The number of nitrogens with zero attached hydrogens (tertiary/aromatic N) is 2. The lowest BCUT2D eigenvalue weighted by Gasteiger charge is -2.39. The van der Waals surface area contributed by atoms with Crippen LogP contribution >= 0.6 is 0 Å². The van der Waals surface area contributed by atoms with Gasteiger partial charge in [-0.1, -0.05) is 20.8 Å². The van der Waals surface area contributed by atoms with Crippen LogP contribution in [-0.4, -0.2) is 60.0 Å². The molecule has 0 radical (unpaired) electrons. The van der Waals surface area contributed by atoms with E-state index in [0.29, 0.717) is 56.3 Å². The van der Waals surface area contributed by atoms with Crippen LogP contribution in [-0.2, 0) is 11.0 Å². The Morgan fingerprint density at radius 1 is 1.00 bits per heavy atom. The lowest BCUT2D eigenvalue weighted by atomic mass is 9.86. The van der Waals surface area contributed by atoms with Crippen LogP contribution in [0.1, 0.15) is 74.9 Å². The highest BCUT2D eigenvalue weighted by atomic mass is 19.4. The largest absolute Gasteiger partial charge is 0.417 e. The molecule has 0 bridgehead atoms. The van der Waals surface area contributed by atoms with Crippen molar-refractivity contribution in [2.24, 2.45) is 5.41 Å². The third-order valence-electron chi connectivity index (χ3n) is 7.60. The summed E-state index contributed by atoms with van der Waals surface area (Å²) in [5.41, 5.74) is -2.75. The minimum atomic E-state index is -4.93. The molecule has 2 saturated heterocycles. The SMILES string of the molecule is C[C@@H]1CN(c2cc(F)c(C3CCN(C(=O)C(C)(C)C)CC3)cc2NC(=O)c2c[nH]c(=O)cc2C(F)(F)F)C[C@H](C)N1. The van der Waals surface area contributed by atoms with E-state index < -0.39 is 40.0 Å². The Morgan fingerprint density at radius 3 is 2.17 bits per heavy atom. The second kappa shape index (κ2) is 11.5. The van der Waals surface area contributed by atoms with Gasteiger partial charge in [-0.3, -0.25) is 14.4 Å². The summed E-state index contributed by atoms with van der Waals surface area (Å²) in [5, 5.41) is 5.97. The van der Waals surface area contributed by atoms with Crippen LogP contribution in [0.4, 0.5) is 28.9 Å².